The van der Waals surface area contributed by atoms with Crippen LogP contribution < -0.4 is 11.2 Å². The van der Waals surface area contributed by atoms with Crippen molar-refractivity contribution in [3.05, 3.63) is 66.2 Å². The fraction of sp³-hybridized carbons (Fsp3) is 0.286. The zero-order valence-corrected chi connectivity index (χ0v) is 12.8. The van der Waals surface area contributed by atoms with Crippen LogP contribution in [0.1, 0.15) is 24.5 Å². The molecule has 2 rings (SSSR count). The van der Waals surface area contributed by atoms with Gasteiger partial charge in [0.25, 0.3) is 5.56 Å². The topological polar surface area (TPSA) is 54.9 Å². The van der Waals surface area contributed by atoms with Gasteiger partial charge in [-0.1, -0.05) is 42.6 Å². The first-order valence-corrected chi connectivity index (χ1v) is 7.15. The number of nitrogens with zero attached hydrogens (tertiary/aromatic N) is 1. The lowest BCUT2D eigenvalue weighted by atomic mass is 10.2. The third-order valence-corrected chi connectivity index (χ3v) is 3.67. The molecule has 1 aromatic carbocycles. The minimum atomic E-state index is -0.606. The first-order chi connectivity index (χ1) is 9.93. The maximum atomic E-state index is 13.1. The van der Waals surface area contributed by atoms with Gasteiger partial charge in [-0.15, -0.1) is 0 Å². The quantitative estimate of drug-likeness (QED) is 0.876. The molecule has 0 radical (unpaired) electrons. The first kappa shape index (κ1) is 15.8. The van der Waals surface area contributed by atoms with Crippen molar-refractivity contribution in [3.8, 4) is 0 Å². The Labute approximate surface area is 130 Å². The summed E-state index contributed by atoms with van der Waals surface area (Å²) in [6, 6.07) is 4.05. The number of benzene rings is 1. The van der Waals surface area contributed by atoms with Gasteiger partial charge in [0, 0.05) is 0 Å². The minimum Gasteiger partial charge on any atom is -0.297 e. The molecule has 1 N–H and O–H groups in total. The van der Waals surface area contributed by atoms with E-state index in [1.165, 1.54) is 18.2 Å². The van der Waals surface area contributed by atoms with Crippen molar-refractivity contribution in [1.82, 2.24) is 9.55 Å². The Bertz CT molecular complexity index is 784. The number of aromatic amines is 1. The van der Waals surface area contributed by atoms with Crippen LogP contribution in [0.4, 0.5) is 4.39 Å². The van der Waals surface area contributed by atoms with E-state index >= 15 is 0 Å². The number of H-pyrrole nitrogens is 1. The van der Waals surface area contributed by atoms with E-state index in [1.54, 1.807) is 0 Å². The van der Waals surface area contributed by atoms with Crippen molar-refractivity contribution in [3.63, 3.8) is 0 Å². The van der Waals surface area contributed by atoms with Crippen LogP contribution in [0.25, 0.3) is 0 Å². The Morgan fingerprint density at radius 1 is 1.29 bits per heavy atom. The Morgan fingerprint density at radius 2 is 2.00 bits per heavy atom. The molecule has 0 amide bonds. The Morgan fingerprint density at radius 3 is 2.62 bits per heavy atom. The van der Waals surface area contributed by atoms with Gasteiger partial charge in [0.05, 0.1) is 17.1 Å². The van der Waals surface area contributed by atoms with Crippen LogP contribution in [0.2, 0.25) is 10.2 Å². The van der Waals surface area contributed by atoms with Gasteiger partial charge in [-0.2, -0.15) is 0 Å². The molecule has 7 heteroatoms. The summed E-state index contributed by atoms with van der Waals surface area (Å²) in [6.07, 6.45) is 1.20. The molecule has 0 atom stereocenters. The highest BCUT2D eigenvalue weighted by molar-refractivity contribution is 6.30. The van der Waals surface area contributed by atoms with E-state index in [-0.39, 0.29) is 16.7 Å². The molecule has 0 saturated heterocycles. The van der Waals surface area contributed by atoms with Gasteiger partial charge in [-0.05, 0) is 24.1 Å². The molecule has 0 aliphatic rings. The van der Waals surface area contributed by atoms with E-state index in [0.29, 0.717) is 17.5 Å². The standard InChI is InChI=1S/C14H13Cl2FN2O2/c1-2-3-9-12(16)18-14(21)19(13(9)20)7-8-4-5-11(17)10(15)6-8/h4-6H,2-3,7H2,1H3,(H,18,21). The smallest absolute Gasteiger partial charge is 0.297 e. The molecular formula is C14H13Cl2FN2O2. The van der Waals surface area contributed by atoms with E-state index in [1.807, 2.05) is 6.92 Å². The van der Waals surface area contributed by atoms with Gasteiger partial charge in [0.2, 0.25) is 0 Å². The van der Waals surface area contributed by atoms with Crippen LogP contribution in [0.5, 0.6) is 0 Å². The van der Waals surface area contributed by atoms with Crippen molar-refractivity contribution >= 4 is 23.2 Å². The van der Waals surface area contributed by atoms with Gasteiger partial charge in [0.1, 0.15) is 11.0 Å². The monoisotopic (exact) mass is 330 g/mol. The van der Waals surface area contributed by atoms with Crippen LogP contribution in [0, 0.1) is 5.82 Å². The SMILES string of the molecule is CCCc1c(Cl)[nH]c(=O)n(Cc2ccc(F)c(Cl)c2)c1=O. The fourth-order valence-electron chi connectivity index (χ4n) is 2.02. The van der Waals surface area contributed by atoms with Crippen molar-refractivity contribution in [2.24, 2.45) is 0 Å². The number of hydrogen-bond donors (Lipinski definition) is 1. The van der Waals surface area contributed by atoms with Crippen molar-refractivity contribution in [2.75, 3.05) is 0 Å². The molecule has 0 saturated carbocycles. The van der Waals surface area contributed by atoms with Crippen LogP contribution in [-0.4, -0.2) is 9.55 Å². The summed E-state index contributed by atoms with van der Waals surface area (Å²) in [5.41, 5.74) is -0.123. The highest BCUT2D eigenvalue weighted by atomic mass is 35.5. The van der Waals surface area contributed by atoms with Crippen LogP contribution in [0.15, 0.2) is 27.8 Å². The van der Waals surface area contributed by atoms with Gasteiger partial charge in [-0.3, -0.25) is 14.3 Å². The average Bonchev–Trinajstić information content (AvgIpc) is 2.43. The molecule has 0 aliphatic heterocycles. The van der Waals surface area contributed by atoms with Gasteiger partial charge < -0.3 is 0 Å². The van der Waals surface area contributed by atoms with Gasteiger partial charge in [-0.25, -0.2) is 9.18 Å². The maximum Gasteiger partial charge on any atom is 0.329 e. The number of hydrogen-bond acceptors (Lipinski definition) is 2. The summed E-state index contributed by atoms with van der Waals surface area (Å²) < 4.78 is 14.2. The van der Waals surface area contributed by atoms with E-state index in [0.717, 1.165) is 11.0 Å². The predicted octanol–water partition coefficient (Wildman–Crippen LogP) is 2.98. The average molecular weight is 331 g/mol. The second-order valence-electron chi connectivity index (χ2n) is 4.61. The molecule has 1 aromatic heterocycles. The Kier molecular flexibility index (Phi) is 4.85. The molecule has 4 nitrogen and oxygen atoms in total. The summed E-state index contributed by atoms with van der Waals surface area (Å²) in [5, 5.41) is 0.0139. The summed E-state index contributed by atoms with van der Waals surface area (Å²) in [4.78, 5) is 26.6. The van der Waals surface area contributed by atoms with E-state index in [9.17, 15) is 14.0 Å². The predicted molar refractivity (Wildman–Crippen MR) is 80.8 cm³/mol. The molecular weight excluding hydrogens is 318 g/mol. The van der Waals surface area contributed by atoms with E-state index in [2.05, 4.69) is 4.98 Å². The summed E-state index contributed by atoms with van der Waals surface area (Å²) in [7, 11) is 0. The van der Waals surface area contributed by atoms with Crippen molar-refractivity contribution in [2.45, 2.75) is 26.3 Å². The Hall–Kier alpha value is -1.59. The number of nitrogens with one attached hydrogen (secondary N) is 1. The normalized spacial score (nSPS) is 10.9. The lowest BCUT2D eigenvalue weighted by molar-refractivity contribution is 0.625. The van der Waals surface area contributed by atoms with Crippen molar-refractivity contribution in [1.29, 1.82) is 0 Å². The van der Waals surface area contributed by atoms with Crippen LogP contribution >= 0.6 is 23.2 Å². The fourth-order valence-corrected chi connectivity index (χ4v) is 2.48. The number of aromatic nitrogens is 2. The molecule has 112 valence electrons. The highest BCUT2D eigenvalue weighted by Crippen LogP contribution is 2.16. The lowest BCUT2D eigenvalue weighted by Gasteiger charge is -2.09. The number of rotatable bonds is 4. The Balaban J connectivity index is 2.49. The lowest BCUT2D eigenvalue weighted by Crippen LogP contribution is -2.37. The number of halogens is 3. The molecule has 0 bridgehead atoms. The zero-order valence-electron chi connectivity index (χ0n) is 11.3. The second kappa shape index (κ2) is 6.45. The van der Waals surface area contributed by atoms with E-state index in [4.69, 9.17) is 23.2 Å². The molecule has 1 heterocycles. The van der Waals surface area contributed by atoms with E-state index < -0.39 is 17.1 Å². The largest absolute Gasteiger partial charge is 0.329 e. The molecule has 0 spiro atoms. The molecule has 2 aromatic rings. The maximum absolute atomic E-state index is 13.1. The zero-order chi connectivity index (χ0) is 15.6. The van der Waals surface area contributed by atoms with Gasteiger partial charge >= 0.3 is 5.69 Å². The van der Waals surface area contributed by atoms with Gasteiger partial charge in [0.15, 0.2) is 0 Å². The minimum absolute atomic E-state index is 0.00203. The summed E-state index contributed by atoms with van der Waals surface area (Å²) in [5.74, 6) is -0.551. The summed E-state index contributed by atoms with van der Waals surface area (Å²) in [6.45, 7) is 1.91. The first-order valence-electron chi connectivity index (χ1n) is 6.39. The highest BCUT2D eigenvalue weighted by Gasteiger charge is 2.13. The third kappa shape index (κ3) is 3.36. The molecule has 0 aliphatic carbocycles. The molecule has 21 heavy (non-hydrogen) atoms. The van der Waals surface area contributed by atoms with Crippen LogP contribution in [-0.2, 0) is 13.0 Å². The summed E-state index contributed by atoms with van der Waals surface area (Å²) >= 11 is 11.6. The molecule has 0 unspecified atom stereocenters. The van der Waals surface area contributed by atoms with Crippen LogP contribution in [0.3, 0.4) is 0 Å². The van der Waals surface area contributed by atoms with Crippen molar-refractivity contribution < 1.29 is 4.39 Å². The second-order valence-corrected chi connectivity index (χ2v) is 5.40. The third-order valence-electron chi connectivity index (χ3n) is 3.05. The molecule has 0 fully saturated rings.